The average Bonchev–Trinajstić information content (AvgIpc) is 2.65. The highest BCUT2D eigenvalue weighted by Gasteiger charge is 2.42. The van der Waals surface area contributed by atoms with Gasteiger partial charge >= 0.3 is 0 Å². The van der Waals surface area contributed by atoms with E-state index in [-0.39, 0.29) is 23.8 Å². The molecule has 5 nitrogen and oxygen atoms in total. The Morgan fingerprint density at radius 2 is 2.04 bits per heavy atom. The molecule has 2 heterocycles. The summed E-state index contributed by atoms with van der Waals surface area (Å²) in [5.41, 5.74) is 2.29. The van der Waals surface area contributed by atoms with Crippen molar-refractivity contribution in [3.63, 3.8) is 0 Å². The topological polar surface area (TPSA) is 60.9 Å². The number of aliphatic hydroxyl groups excluding tert-OH is 1. The molecule has 0 radical (unpaired) electrons. The number of nitrogens with zero attached hydrogens (tertiary/aromatic N) is 2. The maximum Gasteiger partial charge on any atom is 0.227 e. The first-order valence-corrected chi connectivity index (χ1v) is 9.74. The van der Waals surface area contributed by atoms with Crippen LogP contribution in [-0.2, 0) is 16.0 Å². The minimum Gasteiger partial charge on any atom is -0.396 e. The molecule has 1 aromatic rings. The second-order valence-corrected chi connectivity index (χ2v) is 7.91. The van der Waals surface area contributed by atoms with E-state index in [2.05, 4.69) is 0 Å². The Kier molecular flexibility index (Phi) is 5.97. The van der Waals surface area contributed by atoms with Crippen LogP contribution < -0.4 is 0 Å². The standard InChI is InChI=1S/C21H30N2O3/c1-17-6-2-3-7-18(17)14-20(26)23-11-4-9-21(16-23)10-8-19(25)22(15-21)12-5-13-24/h2-3,6-7,24H,4-5,8-16H2,1H3/t21-/m0/s1. The van der Waals surface area contributed by atoms with Crippen molar-refractivity contribution in [1.29, 1.82) is 0 Å². The molecule has 3 rings (SSSR count). The molecule has 2 aliphatic heterocycles. The molecular formula is C21H30N2O3. The fourth-order valence-corrected chi connectivity index (χ4v) is 4.40. The summed E-state index contributed by atoms with van der Waals surface area (Å²) in [4.78, 5) is 29.0. The number of aliphatic hydroxyl groups is 1. The Morgan fingerprint density at radius 1 is 1.23 bits per heavy atom. The first-order chi connectivity index (χ1) is 12.5. The summed E-state index contributed by atoms with van der Waals surface area (Å²) in [6, 6.07) is 8.06. The quantitative estimate of drug-likeness (QED) is 0.877. The molecule has 2 saturated heterocycles. The van der Waals surface area contributed by atoms with Crippen LogP contribution in [0, 0.1) is 12.3 Å². The van der Waals surface area contributed by atoms with Crippen LogP contribution in [-0.4, -0.2) is 59.5 Å². The van der Waals surface area contributed by atoms with Crippen LogP contribution in [0.4, 0.5) is 0 Å². The SMILES string of the molecule is Cc1ccccc1CC(=O)N1CCC[C@@]2(CCC(=O)N(CCCO)C2)C1. The molecule has 0 bridgehead atoms. The highest BCUT2D eigenvalue weighted by Crippen LogP contribution is 2.39. The van der Waals surface area contributed by atoms with Crippen molar-refractivity contribution in [2.45, 2.75) is 45.4 Å². The van der Waals surface area contributed by atoms with Gasteiger partial charge in [-0.15, -0.1) is 0 Å². The number of aryl methyl sites for hydroxylation is 1. The maximum absolute atomic E-state index is 12.9. The zero-order valence-corrected chi connectivity index (χ0v) is 15.7. The van der Waals surface area contributed by atoms with Crippen molar-refractivity contribution >= 4 is 11.8 Å². The van der Waals surface area contributed by atoms with Gasteiger partial charge in [0.25, 0.3) is 0 Å². The van der Waals surface area contributed by atoms with Gasteiger partial charge in [-0.2, -0.15) is 0 Å². The lowest BCUT2D eigenvalue weighted by molar-refractivity contribution is -0.142. The van der Waals surface area contributed by atoms with E-state index in [1.54, 1.807) is 0 Å². The van der Waals surface area contributed by atoms with Crippen molar-refractivity contribution in [3.8, 4) is 0 Å². The van der Waals surface area contributed by atoms with Crippen LogP contribution in [0.2, 0.25) is 0 Å². The van der Waals surface area contributed by atoms with E-state index in [4.69, 9.17) is 5.11 Å². The van der Waals surface area contributed by atoms with Gasteiger partial charge in [-0.1, -0.05) is 24.3 Å². The smallest absolute Gasteiger partial charge is 0.227 e. The minimum absolute atomic E-state index is 0.0308. The molecule has 5 heteroatoms. The van der Waals surface area contributed by atoms with Gasteiger partial charge in [0, 0.05) is 44.6 Å². The third kappa shape index (κ3) is 4.26. The van der Waals surface area contributed by atoms with Gasteiger partial charge in [-0.25, -0.2) is 0 Å². The van der Waals surface area contributed by atoms with Crippen molar-refractivity contribution in [1.82, 2.24) is 9.80 Å². The van der Waals surface area contributed by atoms with Gasteiger partial charge in [0.05, 0.1) is 6.42 Å². The van der Waals surface area contributed by atoms with Gasteiger partial charge in [-0.05, 0) is 43.7 Å². The molecule has 1 N–H and O–H groups in total. The maximum atomic E-state index is 12.9. The predicted molar refractivity (Wildman–Crippen MR) is 101 cm³/mol. The third-order valence-electron chi connectivity index (χ3n) is 5.95. The Labute approximate surface area is 156 Å². The number of benzene rings is 1. The second-order valence-electron chi connectivity index (χ2n) is 7.91. The largest absolute Gasteiger partial charge is 0.396 e. The van der Waals surface area contributed by atoms with Gasteiger partial charge in [0.1, 0.15) is 0 Å². The van der Waals surface area contributed by atoms with Crippen molar-refractivity contribution < 1.29 is 14.7 Å². The number of likely N-dealkylation sites (tertiary alicyclic amines) is 2. The molecule has 0 aliphatic carbocycles. The summed E-state index contributed by atoms with van der Waals surface area (Å²) >= 11 is 0. The lowest BCUT2D eigenvalue weighted by Crippen LogP contribution is -2.55. The number of hydrogen-bond donors (Lipinski definition) is 1. The van der Waals surface area contributed by atoms with Crippen LogP contribution in [0.1, 0.15) is 43.2 Å². The monoisotopic (exact) mass is 358 g/mol. The summed E-state index contributed by atoms with van der Waals surface area (Å²) in [7, 11) is 0. The van der Waals surface area contributed by atoms with Crippen LogP contribution >= 0.6 is 0 Å². The van der Waals surface area contributed by atoms with Crippen LogP contribution in [0.5, 0.6) is 0 Å². The molecule has 142 valence electrons. The molecule has 0 saturated carbocycles. The number of piperidine rings is 2. The second kappa shape index (κ2) is 8.21. The van der Waals surface area contributed by atoms with Gasteiger partial charge in [0.2, 0.25) is 11.8 Å². The first-order valence-electron chi connectivity index (χ1n) is 9.74. The van der Waals surface area contributed by atoms with Gasteiger partial charge in [-0.3, -0.25) is 9.59 Å². The highest BCUT2D eigenvalue weighted by atomic mass is 16.3. The zero-order chi connectivity index (χ0) is 18.6. The summed E-state index contributed by atoms with van der Waals surface area (Å²) in [6.45, 7) is 5.07. The Bertz CT molecular complexity index is 660. The normalized spacial score (nSPS) is 23.5. The summed E-state index contributed by atoms with van der Waals surface area (Å²) in [5, 5.41) is 9.07. The Morgan fingerprint density at radius 3 is 2.81 bits per heavy atom. The van der Waals surface area contributed by atoms with Crippen LogP contribution in [0.3, 0.4) is 0 Å². The van der Waals surface area contributed by atoms with E-state index in [1.165, 1.54) is 0 Å². The van der Waals surface area contributed by atoms with Gasteiger partial charge in [0.15, 0.2) is 0 Å². The Balaban J connectivity index is 1.65. The van der Waals surface area contributed by atoms with Crippen molar-refractivity contribution in [3.05, 3.63) is 35.4 Å². The van der Waals surface area contributed by atoms with E-state index in [0.29, 0.717) is 25.8 Å². The van der Waals surface area contributed by atoms with Crippen molar-refractivity contribution in [2.75, 3.05) is 32.8 Å². The fraction of sp³-hybridized carbons (Fsp3) is 0.619. The molecule has 2 amide bonds. The van der Waals surface area contributed by atoms with Crippen molar-refractivity contribution in [2.24, 2.45) is 5.41 Å². The molecule has 1 spiro atoms. The van der Waals surface area contributed by atoms with Crippen LogP contribution in [0.25, 0.3) is 0 Å². The molecule has 26 heavy (non-hydrogen) atoms. The molecule has 1 aromatic carbocycles. The number of hydrogen-bond acceptors (Lipinski definition) is 3. The Hall–Kier alpha value is -1.88. The van der Waals surface area contributed by atoms with E-state index in [0.717, 1.165) is 50.0 Å². The molecular weight excluding hydrogens is 328 g/mol. The minimum atomic E-state index is 0.0308. The average molecular weight is 358 g/mol. The first kappa shape index (κ1) is 18.9. The predicted octanol–water partition coefficient (Wildman–Crippen LogP) is 2.15. The highest BCUT2D eigenvalue weighted by molar-refractivity contribution is 5.80. The van der Waals surface area contributed by atoms with E-state index >= 15 is 0 Å². The van der Waals surface area contributed by atoms with E-state index in [1.807, 2.05) is 41.0 Å². The fourth-order valence-electron chi connectivity index (χ4n) is 4.40. The molecule has 2 aliphatic rings. The summed E-state index contributed by atoms with van der Waals surface area (Å²) < 4.78 is 0. The summed E-state index contributed by atoms with van der Waals surface area (Å²) in [6.07, 6.45) is 4.58. The molecule has 0 unspecified atom stereocenters. The van der Waals surface area contributed by atoms with E-state index in [9.17, 15) is 9.59 Å². The summed E-state index contributed by atoms with van der Waals surface area (Å²) in [5.74, 6) is 0.379. The number of rotatable bonds is 5. The lowest BCUT2D eigenvalue weighted by Gasteiger charge is -2.48. The number of carbonyl (C=O) groups excluding carboxylic acids is 2. The third-order valence-corrected chi connectivity index (χ3v) is 5.95. The molecule has 2 fully saturated rings. The van der Waals surface area contributed by atoms with Crippen LogP contribution in [0.15, 0.2) is 24.3 Å². The molecule has 1 atom stereocenters. The number of carbonyl (C=O) groups is 2. The lowest BCUT2D eigenvalue weighted by atomic mass is 9.73. The van der Waals surface area contributed by atoms with E-state index < -0.39 is 0 Å². The number of amides is 2. The van der Waals surface area contributed by atoms with Gasteiger partial charge < -0.3 is 14.9 Å². The zero-order valence-electron chi connectivity index (χ0n) is 15.7. The molecule has 0 aromatic heterocycles.